The van der Waals surface area contributed by atoms with Crippen molar-refractivity contribution in [2.75, 3.05) is 6.54 Å². The van der Waals surface area contributed by atoms with Crippen LogP contribution in [0.1, 0.15) is 39.5 Å². The van der Waals surface area contributed by atoms with Crippen molar-refractivity contribution in [2.45, 2.75) is 45.6 Å². The van der Waals surface area contributed by atoms with Crippen LogP contribution in [-0.4, -0.2) is 12.6 Å². The van der Waals surface area contributed by atoms with E-state index in [1.54, 1.807) is 0 Å². The Morgan fingerprint density at radius 2 is 2.08 bits per heavy atom. The minimum Gasteiger partial charge on any atom is -0.311 e. The van der Waals surface area contributed by atoms with E-state index < -0.39 is 0 Å². The van der Waals surface area contributed by atoms with Crippen LogP contribution in [0.2, 0.25) is 0 Å². The number of nitrogens with one attached hydrogen (secondary N) is 1. The first kappa shape index (κ1) is 12.4. The summed E-state index contributed by atoms with van der Waals surface area (Å²) in [6.45, 7) is 9.11. The van der Waals surface area contributed by atoms with Gasteiger partial charge in [-0.25, -0.2) is 0 Å². The lowest BCUT2D eigenvalue weighted by molar-refractivity contribution is 0.567. The second-order valence-electron chi connectivity index (χ2n) is 3.41. The molecule has 1 N–H and O–H groups in total. The molecule has 0 aliphatic carbocycles. The highest BCUT2D eigenvalue weighted by molar-refractivity contribution is 4.85. The molecule has 0 aliphatic rings. The molecule has 0 heterocycles. The van der Waals surface area contributed by atoms with E-state index >= 15 is 0 Å². The summed E-state index contributed by atoms with van der Waals surface area (Å²) < 4.78 is 0. The van der Waals surface area contributed by atoms with Crippen LogP contribution in [0.3, 0.4) is 0 Å². The number of rotatable bonds is 8. The standard InChI is InChI=1S/C12H23N/c1-4-6-7-8-9-10-11-13-12(3)5-2/h4,9-10,12-13H,1,5-8,11H2,2-3H3/b10-9+. The Hall–Kier alpha value is -0.560. The van der Waals surface area contributed by atoms with Gasteiger partial charge in [-0.1, -0.05) is 25.2 Å². The molecule has 0 saturated heterocycles. The average Bonchev–Trinajstić information content (AvgIpc) is 2.16. The van der Waals surface area contributed by atoms with E-state index in [2.05, 4.69) is 37.9 Å². The molecule has 0 fully saturated rings. The Bertz CT molecular complexity index is 138. The molecular weight excluding hydrogens is 158 g/mol. The summed E-state index contributed by atoms with van der Waals surface area (Å²) in [6, 6.07) is 0.637. The SMILES string of the molecule is C=CCCC/C=C/CNC(C)CC. The largest absolute Gasteiger partial charge is 0.311 e. The van der Waals surface area contributed by atoms with Crippen molar-refractivity contribution in [3.8, 4) is 0 Å². The Morgan fingerprint density at radius 3 is 2.69 bits per heavy atom. The van der Waals surface area contributed by atoms with E-state index in [0.29, 0.717) is 6.04 Å². The first-order valence-corrected chi connectivity index (χ1v) is 5.30. The van der Waals surface area contributed by atoms with E-state index in [1.165, 1.54) is 19.3 Å². The maximum atomic E-state index is 3.69. The summed E-state index contributed by atoms with van der Waals surface area (Å²) in [4.78, 5) is 0. The van der Waals surface area contributed by atoms with Crippen LogP contribution in [0.15, 0.2) is 24.8 Å². The second kappa shape index (κ2) is 9.53. The molecule has 0 aromatic heterocycles. The van der Waals surface area contributed by atoms with Crippen molar-refractivity contribution in [2.24, 2.45) is 0 Å². The number of hydrogen-bond acceptors (Lipinski definition) is 1. The molecule has 0 amide bonds. The second-order valence-corrected chi connectivity index (χ2v) is 3.41. The molecule has 0 spiro atoms. The smallest absolute Gasteiger partial charge is 0.0137 e. The molecule has 0 aromatic carbocycles. The fourth-order valence-electron chi connectivity index (χ4n) is 0.995. The summed E-state index contributed by atoms with van der Waals surface area (Å²) in [5.74, 6) is 0. The van der Waals surface area contributed by atoms with Gasteiger partial charge in [-0.05, 0) is 32.6 Å². The third kappa shape index (κ3) is 9.35. The topological polar surface area (TPSA) is 12.0 Å². The first-order valence-electron chi connectivity index (χ1n) is 5.30. The molecule has 0 aliphatic heterocycles. The van der Waals surface area contributed by atoms with E-state index in [9.17, 15) is 0 Å². The van der Waals surface area contributed by atoms with Gasteiger partial charge in [0.25, 0.3) is 0 Å². The molecule has 0 rings (SSSR count). The predicted molar refractivity (Wildman–Crippen MR) is 60.9 cm³/mol. The van der Waals surface area contributed by atoms with Crippen LogP contribution in [0.4, 0.5) is 0 Å². The Morgan fingerprint density at radius 1 is 1.31 bits per heavy atom. The molecule has 0 saturated carbocycles. The zero-order valence-corrected chi connectivity index (χ0v) is 9.05. The van der Waals surface area contributed by atoms with E-state index in [4.69, 9.17) is 0 Å². The van der Waals surface area contributed by atoms with Crippen molar-refractivity contribution in [1.29, 1.82) is 0 Å². The lowest BCUT2D eigenvalue weighted by Gasteiger charge is -2.07. The highest BCUT2D eigenvalue weighted by Gasteiger charge is 1.92. The fourth-order valence-corrected chi connectivity index (χ4v) is 0.995. The number of hydrogen-bond donors (Lipinski definition) is 1. The van der Waals surface area contributed by atoms with Crippen LogP contribution in [-0.2, 0) is 0 Å². The van der Waals surface area contributed by atoms with Gasteiger partial charge < -0.3 is 5.32 Å². The lowest BCUT2D eigenvalue weighted by Crippen LogP contribution is -2.24. The molecule has 1 unspecified atom stereocenters. The van der Waals surface area contributed by atoms with Crippen molar-refractivity contribution in [3.63, 3.8) is 0 Å². The quantitative estimate of drug-likeness (QED) is 0.447. The van der Waals surface area contributed by atoms with Crippen LogP contribution in [0, 0.1) is 0 Å². The Balaban J connectivity index is 3.16. The summed E-state index contributed by atoms with van der Waals surface area (Å²) in [5, 5.41) is 3.42. The van der Waals surface area contributed by atoms with Crippen molar-refractivity contribution < 1.29 is 0 Å². The minimum atomic E-state index is 0.637. The zero-order chi connectivity index (χ0) is 9.94. The lowest BCUT2D eigenvalue weighted by atomic mass is 10.2. The molecule has 76 valence electrons. The van der Waals surface area contributed by atoms with E-state index in [0.717, 1.165) is 13.0 Å². The first-order chi connectivity index (χ1) is 6.31. The van der Waals surface area contributed by atoms with Gasteiger partial charge >= 0.3 is 0 Å². The van der Waals surface area contributed by atoms with Crippen LogP contribution < -0.4 is 5.32 Å². The van der Waals surface area contributed by atoms with Crippen molar-refractivity contribution in [3.05, 3.63) is 24.8 Å². The molecule has 1 atom stereocenters. The monoisotopic (exact) mass is 181 g/mol. The fraction of sp³-hybridized carbons (Fsp3) is 0.667. The van der Waals surface area contributed by atoms with Gasteiger partial charge in [0, 0.05) is 12.6 Å². The van der Waals surface area contributed by atoms with Crippen LogP contribution in [0.5, 0.6) is 0 Å². The summed E-state index contributed by atoms with van der Waals surface area (Å²) in [6.07, 6.45) is 11.2. The van der Waals surface area contributed by atoms with Crippen LogP contribution in [0.25, 0.3) is 0 Å². The van der Waals surface area contributed by atoms with Gasteiger partial charge in [0.05, 0.1) is 0 Å². The Labute approximate surface area is 82.9 Å². The minimum absolute atomic E-state index is 0.637. The van der Waals surface area contributed by atoms with Gasteiger partial charge in [0.2, 0.25) is 0 Å². The molecule has 1 heteroatoms. The highest BCUT2D eigenvalue weighted by atomic mass is 14.9. The van der Waals surface area contributed by atoms with Crippen molar-refractivity contribution >= 4 is 0 Å². The number of unbranched alkanes of at least 4 members (excludes halogenated alkanes) is 2. The van der Waals surface area contributed by atoms with Gasteiger partial charge in [0.1, 0.15) is 0 Å². The number of allylic oxidation sites excluding steroid dienone is 2. The van der Waals surface area contributed by atoms with Crippen molar-refractivity contribution in [1.82, 2.24) is 5.32 Å². The van der Waals surface area contributed by atoms with Gasteiger partial charge in [-0.2, -0.15) is 0 Å². The summed E-state index contributed by atoms with van der Waals surface area (Å²) >= 11 is 0. The predicted octanol–water partition coefficient (Wildman–Crippen LogP) is 3.29. The third-order valence-corrected chi connectivity index (χ3v) is 2.14. The molecule has 0 radical (unpaired) electrons. The van der Waals surface area contributed by atoms with Gasteiger partial charge in [0.15, 0.2) is 0 Å². The van der Waals surface area contributed by atoms with E-state index in [1.807, 2.05) is 6.08 Å². The molecule has 13 heavy (non-hydrogen) atoms. The highest BCUT2D eigenvalue weighted by Crippen LogP contribution is 1.96. The summed E-state index contributed by atoms with van der Waals surface area (Å²) in [5.41, 5.74) is 0. The van der Waals surface area contributed by atoms with Crippen LogP contribution >= 0.6 is 0 Å². The normalized spacial score (nSPS) is 13.4. The molecule has 0 bridgehead atoms. The third-order valence-electron chi connectivity index (χ3n) is 2.14. The maximum Gasteiger partial charge on any atom is 0.0137 e. The molecule has 0 aromatic rings. The average molecular weight is 181 g/mol. The van der Waals surface area contributed by atoms with Gasteiger partial charge in [-0.15, -0.1) is 6.58 Å². The van der Waals surface area contributed by atoms with Gasteiger partial charge in [-0.3, -0.25) is 0 Å². The Kier molecular flexibility index (Phi) is 9.12. The zero-order valence-electron chi connectivity index (χ0n) is 9.05. The summed E-state index contributed by atoms with van der Waals surface area (Å²) in [7, 11) is 0. The molecular formula is C12H23N. The maximum absolute atomic E-state index is 3.69. The van der Waals surface area contributed by atoms with E-state index in [-0.39, 0.29) is 0 Å². The molecule has 1 nitrogen and oxygen atoms in total.